The first-order valence-corrected chi connectivity index (χ1v) is 12.4. The second-order valence-corrected chi connectivity index (χ2v) is 10.3. The molecule has 178 valence electrons. The molecule has 1 saturated carbocycles. The van der Waals surface area contributed by atoms with E-state index in [1.54, 1.807) is 0 Å². The summed E-state index contributed by atoms with van der Waals surface area (Å²) in [6.07, 6.45) is 9.52. The van der Waals surface area contributed by atoms with E-state index in [4.69, 9.17) is 15.8 Å². The highest BCUT2D eigenvalue weighted by molar-refractivity contribution is 5.69. The zero-order valence-corrected chi connectivity index (χ0v) is 19.8. The van der Waals surface area contributed by atoms with Crippen molar-refractivity contribution in [3.8, 4) is 16.9 Å². The molecule has 0 bridgehead atoms. The molecule has 2 saturated heterocycles. The van der Waals surface area contributed by atoms with Gasteiger partial charge in [0.2, 0.25) is 5.95 Å². The van der Waals surface area contributed by atoms with E-state index in [9.17, 15) is 4.39 Å². The maximum Gasteiger partial charge on any atom is 0.226 e. The number of benzene rings is 1. The normalized spacial score (nSPS) is 20.2. The number of piperidine rings is 2. The van der Waals surface area contributed by atoms with Crippen molar-refractivity contribution < 1.29 is 4.39 Å². The lowest BCUT2D eigenvalue weighted by Crippen LogP contribution is -2.35. The second kappa shape index (κ2) is 8.25. The minimum absolute atomic E-state index is 0.530. The lowest BCUT2D eigenvalue weighted by molar-refractivity contribution is 0.276. The van der Waals surface area contributed by atoms with Gasteiger partial charge in [0.25, 0.3) is 0 Å². The number of anilines is 3. The predicted molar refractivity (Wildman–Crippen MR) is 133 cm³/mol. The molecule has 2 aromatic heterocycles. The van der Waals surface area contributed by atoms with Gasteiger partial charge in [-0.2, -0.15) is 5.10 Å². The van der Waals surface area contributed by atoms with Crippen LogP contribution >= 0.6 is 0 Å². The monoisotopic (exact) mass is 461 g/mol. The van der Waals surface area contributed by atoms with Gasteiger partial charge in [0.1, 0.15) is 6.17 Å². The van der Waals surface area contributed by atoms with Crippen molar-refractivity contribution in [2.24, 2.45) is 5.41 Å². The SMILES string of the molecule is Cc1cc(-c2cnn(-c3ccc(N)cc3N3CCC4(CC3)CC4)c2)nc(N2CCC(F)CC2)n1. The van der Waals surface area contributed by atoms with Crippen LogP contribution in [0.4, 0.5) is 21.7 Å². The number of halogens is 1. The number of hydrogen-bond acceptors (Lipinski definition) is 6. The smallest absolute Gasteiger partial charge is 0.226 e. The van der Waals surface area contributed by atoms with Gasteiger partial charge in [-0.3, -0.25) is 0 Å². The van der Waals surface area contributed by atoms with Crippen LogP contribution in [-0.2, 0) is 0 Å². The molecule has 1 spiro atoms. The van der Waals surface area contributed by atoms with Crippen molar-refractivity contribution in [1.82, 2.24) is 19.7 Å². The molecular weight excluding hydrogens is 429 g/mol. The number of hydrogen-bond donors (Lipinski definition) is 1. The Hall–Kier alpha value is -3.16. The zero-order valence-electron chi connectivity index (χ0n) is 19.8. The highest BCUT2D eigenvalue weighted by atomic mass is 19.1. The summed E-state index contributed by atoms with van der Waals surface area (Å²) < 4.78 is 15.5. The summed E-state index contributed by atoms with van der Waals surface area (Å²) in [7, 11) is 0. The minimum Gasteiger partial charge on any atom is -0.399 e. The maximum atomic E-state index is 13.6. The first-order chi connectivity index (χ1) is 16.5. The molecule has 6 rings (SSSR count). The van der Waals surface area contributed by atoms with E-state index in [0.29, 0.717) is 37.3 Å². The zero-order chi connectivity index (χ0) is 23.3. The molecule has 7 nitrogen and oxygen atoms in total. The van der Waals surface area contributed by atoms with E-state index in [1.165, 1.54) is 25.7 Å². The minimum atomic E-state index is -0.720. The summed E-state index contributed by atoms with van der Waals surface area (Å²) in [5, 5.41) is 4.70. The van der Waals surface area contributed by atoms with Crippen molar-refractivity contribution in [2.45, 2.75) is 51.6 Å². The Morgan fingerprint density at radius 2 is 1.71 bits per heavy atom. The number of nitrogens with two attached hydrogens (primary N) is 1. The maximum absolute atomic E-state index is 13.6. The third-order valence-corrected chi connectivity index (χ3v) is 7.80. The van der Waals surface area contributed by atoms with E-state index in [1.807, 2.05) is 36.1 Å². The van der Waals surface area contributed by atoms with Gasteiger partial charge in [-0.15, -0.1) is 0 Å². The molecule has 2 aliphatic heterocycles. The molecule has 3 aliphatic rings. The molecule has 0 radical (unpaired) electrons. The fourth-order valence-corrected chi connectivity index (χ4v) is 5.36. The number of alkyl halides is 1. The largest absolute Gasteiger partial charge is 0.399 e. The molecule has 1 aromatic carbocycles. The number of rotatable bonds is 4. The molecule has 3 aromatic rings. The summed E-state index contributed by atoms with van der Waals surface area (Å²) in [5.74, 6) is 0.671. The van der Waals surface area contributed by atoms with E-state index < -0.39 is 6.17 Å². The predicted octanol–water partition coefficient (Wildman–Crippen LogP) is 4.54. The van der Waals surface area contributed by atoms with Gasteiger partial charge in [-0.1, -0.05) is 0 Å². The summed E-state index contributed by atoms with van der Waals surface area (Å²) in [4.78, 5) is 14.0. The van der Waals surface area contributed by atoms with Crippen molar-refractivity contribution in [3.05, 3.63) is 42.4 Å². The number of nitrogen functional groups attached to an aromatic ring is 1. The Bertz CT molecular complexity index is 1180. The highest BCUT2D eigenvalue weighted by Gasteiger charge is 2.44. The van der Waals surface area contributed by atoms with E-state index in [2.05, 4.69) is 26.9 Å². The van der Waals surface area contributed by atoms with Crippen LogP contribution in [0.15, 0.2) is 36.7 Å². The average molecular weight is 462 g/mol. The number of aryl methyl sites for hydroxylation is 1. The highest BCUT2D eigenvalue weighted by Crippen LogP contribution is 2.54. The molecule has 0 unspecified atom stereocenters. The van der Waals surface area contributed by atoms with Gasteiger partial charge in [0.15, 0.2) is 0 Å². The molecule has 8 heteroatoms. The van der Waals surface area contributed by atoms with Crippen molar-refractivity contribution >= 4 is 17.3 Å². The average Bonchev–Trinajstić information content (AvgIpc) is 3.40. The first kappa shape index (κ1) is 21.4. The van der Waals surface area contributed by atoms with Crippen LogP contribution in [0.3, 0.4) is 0 Å². The summed E-state index contributed by atoms with van der Waals surface area (Å²) >= 11 is 0. The van der Waals surface area contributed by atoms with Gasteiger partial charge in [-0.05, 0) is 75.1 Å². The summed E-state index contributed by atoms with van der Waals surface area (Å²) in [6, 6.07) is 8.05. The quantitative estimate of drug-likeness (QED) is 0.575. The van der Waals surface area contributed by atoms with Gasteiger partial charge >= 0.3 is 0 Å². The Kier molecular flexibility index (Phi) is 5.19. The molecule has 4 heterocycles. The molecule has 1 aliphatic carbocycles. The first-order valence-electron chi connectivity index (χ1n) is 12.4. The third-order valence-electron chi connectivity index (χ3n) is 7.80. The van der Waals surface area contributed by atoms with Crippen LogP contribution in [0, 0.1) is 12.3 Å². The lowest BCUT2D eigenvalue weighted by Gasteiger charge is -2.35. The molecule has 34 heavy (non-hydrogen) atoms. The fourth-order valence-electron chi connectivity index (χ4n) is 5.36. The number of nitrogens with zero attached hydrogens (tertiary/aromatic N) is 6. The third kappa shape index (κ3) is 4.10. The van der Waals surface area contributed by atoms with Crippen molar-refractivity contribution in [3.63, 3.8) is 0 Å². The lowest BCUT2D eigenvalue weighted by atomic mass is 9.93. The van der Waals surface area contributed by atoms with Gasteiger partial charge in [-0.25, -0.2) is 19.0 Å². The Labute approximate surface area is 199 Å². The van der Waals surface area contributed by atoms with Crippen LogP contribution in [0.2, 0.25) is 0 Å². The van der Waals surface area contributed by atoms with Crippen LogP contribution in [0.1, 0.15) is 44.2 Å². The molecule has 3 fully saturated rings. The van der Waals surface area contributed by atoms with Gasteiger partial charge in [0, 0.05) is 49.3 Å². The summed E-state index contributed by atoms with van der Waals surface area (Å²) in [6.45, 7) is 5.40. The topological polar surface area (TPSA) is 76.1 Å². The fraction of sp³-hybridized carbons (Fsp3) is 0.500. The van der Waals surface area contributed by atoms with Crippen molar-refractivity contribution in [1.29, 1.82) is 0 Å². The molecular formula is C26H32FN7. The molecule has 0 atom stereocenters. The van der Waals surface area contributed by atoms with Gasteiger partial charge < -0.3 is 15.5 Å². The van der Waals surface area contributed by atoms with Gasteiger partial charge in [0.05, 0.1) is 23.3 Å². The van der Waals surface area contributed by atoms with Crippen LogP contribution < -0.4 is 15.5 Å². The Morgan fingerprint density at radius 3 is 2.44 bits per heavy atom. The Morgan fingerprint density at radius 1 is 0.941 bits per heavy atom. The van der Waals surface area contributed by atoms with Crippen molar-refractivity contribution in [2.75, 3.05) is 41.7 Å². The van der Waals surface area contributed by atoms with E-state index in [0.717, 1.165) is 47.1 Å². The van der Waals surface area contributed by atoms with E-state index >= 15 is 0 Å². The Balaban J connectivity index is 1.29. The van der Waals surface area contributed by atoms with Crippen LogP contribution in [-0.4, -0.2) is 52.1 Å². The van der Waals surface area contributed by atoms with Crippen LogP contribution in [0.5, 0.6) is 0 Å². The standard InChI is InChI=1S/C26H32FN7/c1-18-14-22(31-25(30-18)33-10-4-20(27)5-11-33)19-16-29-34(17-19)23-3-2-21(28)15-24(23)32-12-8-26(6-7-26)9-13-32/h2-3,14-17,20H,4-13,28H2,1H3. The number of aromatic nitrogens is 4. The molecule has 2 N–H and O–H groups in total. The second-order valence-electron chi connectivity index (χ2n) is 10.3. The van der Waals surface area contributed by atoms with E-state index in [-0.39, 0.29) is 0 Å². The summed E-state index contributed by atoms with van der Waals surface area (Å²) in [5.41, 5.74) is 12.4. The molecule has 0 amide bonds. The van der Waals surface area contributed by atoms with Crippen LogP contribution in [0.25, 0.3) is 16.9 Å².